The molecule has 1 aromatic heterocycles. The Morgan fingerprint density at radius 2 is 2.00 bits per heavy atom. The van der Waals surface area contributed by atoms with Crippen molar-refractivity contribution in [2.75, 3.05) is 6.54 Å². The Kier molecular flexibility index (Phi) is 5.61. The fourth-order valence-electron chi connectivity index (χ4n) is 2.14. The molecule has 1 heterocycles. The molecule has 1 N–H and O–H groups in total. The molecule has 0 saturated heterocycles. The maximum Gasteiger partial charge on any atom is 0.323 e. The maximum atomic E-state index is 12.3. The van der Waals surface area contributed by atoms with E-state index in [0.29, 0.717) is 0 Å². The van der Waals surface area contributed by atoms with Crippen molar-refractivity contribution in [1.29, 1.82) is 0 Å². The first-order valence-corrected chi connectivity index (χ1v) is 7.16. The number of amides is 1. The van der Waals surface area contributed by atoms with Crippen LogP contribution in [0.25, 0.3) is 0 Å². The van der Waals surface area contributed by atoms with Crippen LogP contribution in [-0.2, 0) is 22.7 Å². The van der Waals surface area contributed by atoms with Crippen LogP contribution in [0, 0.1) is 10.1 Å². The van der Waals surface area contributed by atoms with Gasteiger partial charge in [0.15, 0.2) is 0 Å². The van der Waals surface area contributed by atoms with E-state index >= 15 is 0 Å². The summed E-state index contributed by atoms with van der Waals surface area (Å²) in [6, 6.07) is 9.05. The van der Waals surface area contributed by atoms with Gasteiger partial charge in [0.25, 0.3) is 0 Å². The van der Waals surface area contributed by atoms with Crippen LogP contribution in [0.3, 0.4) is 0 Å². The lowest BCUT2D eigenvalue weighted by Crippen LogP contribution is -2.35. The standard InChI is InChI=1S/C15H16N4O5/c20-14(6-7-18-10-13(8-16-18)19(23)24)17(11-15(21)22)9-12-4-2-1-3-5-12/h1-5,8,10H,6-7,9,11H2,(H,21,22). The second kappa shape index (κ2) is 7.86. The average Bonchev–Trinajstić information content (AvgIpc) is 3.02. The van der Waals surface area contributed by atoms with Crippen LogP contribution < -0.4 is 0 Å². The number of nitro groups is 1. The summed E-state index contributed by atoms with van der Waals surface area (Å²) in [7, 11) is 0. The molecule has 0 radical (unpaired) electrons. The molecule has 0 aliphatic carbocycles. The van der Waals surface area contributed by atoms with Crippen molar-refractivity contribution in [3.63, 3.8) is 0 Å². The summed E-state index contributed by atoms with van der Waals surface area (Å²) in [5.74, 6) is -1.46. The monoisotopic (exact) mass is 332 g/mol. The number of aromatic nitrogens is 2. The zero-order valence-electron chi connectivity index (χ0n) is 12.7. The summed E-state index contributed by atoms with van der Waals surface area (Å²) >= 11 is 0. The molecule has 9 nitrogen and oxygen atoms in total. The van der Waals surface area contributed by atoms with Crippen molar-refractivity contribution < 1.29 is 19.6 Å². The molecule has 0 fully saturated rings. The molecule has 0 bridgehead atoms. The summed E-state index contributed by atoms with van der Waals surface area (Å²) in [5, 5.41) is 23.4. The van der Waals surface area contributed by atoms with Crippen LogP contribution in [0.1, 0.15) is 12.0 Å². The van der Waals surface area contributed by atoms with Gasteiger partial charge in [-0.2, -0.15) is 5.10 Å². The highest BCUT2D eigenvalue weighted by Crippen LogP contribution is 2.10. The van der Waals surface area contributed by atoms with E-state index in [1.165, 1.54) is 15.8 Å². The topological polar surface area (TPSA) is 119 Å². The van der Waals surface area contributed by atoms with E-state index < -0.39 is 17.4 Å². The van der Waals surface area contributed by atoms with Gasteiger partial charge >= 0.3 is 11.7 Å². The fraction of sp³-hybridized carbons (Fsp3) is 0.267. The molecule has 126 valence electrons. The van der Waals surface area contributed by atoms with Crippen molar-refractivity contribution >= 4 is 17.6 Å². The normalized spacial score (nSPS) is 10.3. The predicted molar refractivity (Wildman–Crippen MR) is 83.0 cm³/mol. The molecule has 0 spiro atoms. The number of aryl methyl sites for hydroxylation is 1. The third kappa shape index (κ3) is 4.90. The first-order chi connectivity index (χ1) is 11.5. The summed E-state index contributed by atoms with van der Waals surface area (Å²) in [6.45, 7) is -0.0875. The Hall–Kier alpha value is -3.23. The smallest absolute Gasteiger partial charge is 0.323 e. The average molecular weight is 332 g/mol. The number of benzene rings is 1. The third-order valence-electron chi connectivity index (χ3n) is 3.28. The second-order valence-electron chi connectivity index (χ2n) is 5.10. The number of carboxylic acid groups (broad SMARTS) is 1. The van der Waals surface area contributed by atoms with E-state index in [1.807, 2.05) is 18.2 Å². The molecule has 1 amide bonds. The highest BCUT2D eigenvalue weighted by Gasteiger charge is 2.18. The SMILES string of the molecule is O=C(O)CN(Cc1ccccc1)C(=O)CCn1cc([N+](=O)[O-])cn1. The van der Waals surface area contributed by atoms with Gasteiger partial charge in [0.1, 0.15) is 18.9 Å². The maximum absolute atomic E-state index is 12.3. The van der Waals surface area contributed by atoms with Crippen molar-refractivity contribution in [2.24, 2.45) is 0 Å². The molecule has 2 aromatic rings. The van der Waals surface area contributed by atoms with Gasteiger partial charge in [-0.1, -0.05) is 30.3 Å². The van der Waals surface area contributed by atoms with Crippen molar-refractivity contribution in [3.8, 4) is 0 Å². The summed E-state index contributed by atoms with van der Waals surface area (Å²) in [5.41, 5.74) is 0.663. The molecule has 0 aliphatic heterocycles. The van der Waals surface area contributed by atoms with Crippen LogP contribution in [0.5, 0.6) is 0 Å². The number of carboxylic acids is 1. The van der Waals surface area contributed by atoms with Crippen LogP contribution in [0.4, 0.5) is 5.69 Å². The second-order valence-corrected chi connectivity index (χ2v) is 5.10. The number of nitrogens with zero attached hydrogens (tertiary/aromatic N) is 4. The first kappa shape index (κ1) is 17.1. The minimum Gasteiger partial charge on any atom is -0.480 e. The van der Waals surface area contributed by atoms with Gasteiger partial charge in [-0.3, -0.25) is 24.4 Å². The highest BCUT2D eigenvalue weighted by atomic mass is 16.6. The lowest BCUT2D eigenvalue weighted by Gasteiger charge is -2.20. The van der Waals surface area contributed by atoms with E-state index in [0.717, 1.165) is 11.8 Å². The van der Waals surface area contributed by atoms with E-state index in [2.05, 4.69) is 5.10 Å². The zero-order valence-corrected chi connectivity index (χ0v) is 12.7. The summed E-state index contributed by atoms with van der Waals surface area (Å²) in [4.78, 5) is 34.5. The van der Waals surface area contributed by atoms with Gasteiger partial charge in [0.2, 0.25) is 5.91 Å². The molecule has 0 saturated carbocycles. The molecule has 24 heavy (non-hydrogen) atoms. The van der Waals surface area contributed by atoms with Crippen molar-refractivity contribution in [2.45, 2.75) is 19.5 Å². The van der Waals surface area contributed by atoms with E-state index in [1.54, 1.807) is 12.1 Å². The summed E-state index contributed by atoms with van der Waals surface area (Å²) in [6.07, 6.45) is 2.33. The number of rotatable bonds is 8. The number of aliphatic carboxylic acids is 1. The number of hydrogen-bond donors (Lipinski definition) is 1. The Morgan fingerprint density at radius 3 is 2.58 bits per heavy atom. The molecule has 0 unspecified atom stereocenters. The lowest BCUT2D eigenvalue weighted by atomic mass is 10.2. The number of carbonyl (C=O) groups is 2. The van der Waals surface area contributed by atoms with Crippen LogP contribution in [0.2, 0.25) is 0 Å². The Bertz CT molecular complexity index is 728. The van der Waals surface area contributed by atoms with Gasteiger partial charge in [-0.25, -0.2) is 0 Å². The quantitative estimate of drug-likeness (QED) is 0.575. The molecule has 0 atom stereocenters. The van der Waals surface area contributed by atoms with Crippen molar-refractivity contribution in [1.82, 2.24) is 14.7 Å². The van der Waals surface area contributed by atoms with E-state index in [9.17, 15) is 19.7 Å². The molecule has 9 heteroatoms. The highest BCUT2D eigenvalue weighted by molar-refractivity contribution is 5.81. The van der Waals surface area contributed by atoms with Crippen LogP contribution >= 0.6 is 0 Å². The number of hydrogen-bond acceptors (Lipinski definition) is 5. The Morgan fingerprint density at radius 1 is 1.29 bits per heavy atom. The van der Waals surface area contributed by atoms with Gasteiger partial charge in [-0.05, 0) is 5.56 Å². The zero-order chi connectivity index (χ0) is 17.5. The van der Waals surface area contributed by atoms with Gasteiger partial charge in [0, 0.05) is 19.5 Å². The van der Waals surface area contributed by atoms with E-state index in [4.69, 9.17) is 5.11 Å². The van der Waals surface area contributed by atoms with E-state index in [-0.39, 0.29) is 31.1 Å². The van der Waals surface area contributed by atoms with Gasteiger partial charge < -0.3 is 10.0 Å². The minimum absolute atomic E-state index is 0.00104. The Balaban J connectivity index is 1.98. The molecule has 0 aliphatic rings. The Labute approximate surface area is 137 Å². The van der Waals surface area contributed by atoms with Crippen LogP contribution in [-0.4, -0.2) is 43.1 Å². The van der Waals surface area contributed by atoms with Gasteiger partial charge in [-0.15, -0.1) is 0 Å². The largest absolute Gasteiger partial charge is 0.480 e. The molecular weight excluding hydrogens is 316 g/mol. The third-order valence-corrected chi connectivity index (χ3v) is 3.28. The van der Waals surface area contributed by atoms with Crippen LogP contribution in [0.15, 0.2) is 42.7 Å². The van der Waals surface area contributed by atoms with Crippen molar-refractivity contribution in [3.05, 3.63) is 58.4 Å². The molecule has 2 rings (SSSR count). The lowest BCUT2D eigenvalue weighted by molar-refractivity contribution is -0.385. The number of carbonyl (C=O) groups excluding carboxylic acids is 1. The van der Waals surface area contributed by atoms with Gasteiger partial charge in [0.05, 0.1) is 4.92 Å². The predicted octanol–water partition coefficient (Wildman–Crippen LogP) is 1.29. The first-order valence-electron chi connectivity index (χ1n) is 7.16. The fourth-order valence-corrected chi connectivity index (χ4v) is 2.14. The minimum atomic E-state index is -1.10. The molecule has 1 aromatic carbocycles. The summed E-state index contributed by atoms with van der Waals surface area (Å²) < 4.78 is 1.29. The molecular formula is C15H16N4O5.